The lowest BCUT2D eigenvalue weighted by molar-refractivity contribution is 0.101. The van der Waals surface area contributed by atoms with Crippen molar-refractivity contribution in [2.45, 2.75) is 0 Å². The highest BCUT2D eigenvalue weighted by Crippen LogP contribution is 2.24. The number of nitrogens with one attached hydrogen (secondary N) is 1. The maximum Gasteiger partial charge on any atom is 0.277 e. The van der Waals surface area contributed by atoms with E-state index >= 15 is 0 Å². The third-order valence-electron chi connectivity index (χ3n) is 3.20. The average molecular weight is 329 g/mol. The van der Waals surface area contributed by atoms with E-state index in [1.165, 1.54) is 0 Å². The molecule has 1 N–H and O–H groups in total. The molecule has 0 bridgehead atoms. The van der Waals surface area contributed by atoms with Gasteiger partial charge in [-0.05, 0) is 36.4 Å². The van der Waals surface area contributed by atoms with Gasteiger partial charge in [-0.2, -0.15) is 0 Å². The Balaban J connectivity index is 1.75. The van der Waals surface area contributed by atoms with Crippen molar-refractivity contribution in [2.24, 2.45) is 0 Å². The number of halogens is 1. The minimum atomic E-state index is -0.354. The molecule has 0 radical (unpaired) electrons. The second kappa shape index (κ2) is 6.54. The Bertz CT molecular complexity index is 828. The number of carbonyl (C=O) groups excluding carboxylic acids is 1. The molecule has 116 valence electrons. The number of methoxy groups -OCH3 is 1. The van der Waals surface area contributed by atoms with Crippen molar-refractivity contribution in [2.75, 3.05) is 12.4 Å². The summed E-state index contributed by atoms with van der Waals surface area (Å²) in [5, 5.41) is 7.13. The summed E-state index contributed by atoms with van der Waals surface area (Å²) >= 11 is 5.94. The number of aromatic nitrogens is 1. The SMILES string of the molecule is COc1ccc(NC(=O)c2cc(-c3cccc(Cl)c3)on2)cc1. The predicted octanol–water partition coefficient (Wildman–Crippen LogP) is 4.26. The van der Waals surface area contributed by atoms with Crippen molar-refractivity contribution < 1.29 is 14.1 Å². The van der Waals surface area contributed by atoms with Crippen molar-refractivity contribution >= 4 is 23.2 Å². The first kappa shape index (κ1) is 15.1. The Morgan fingerprint density at radius 3 is 2.65 bits per heavy atom. The number of amides is 1. The highest BCUT2D eigenvalue weighted by molar-refractivity contribution is 6.30. The lowest BCUT2D eigenvalue weighted by Crippen LogP contribution is -2.11. The van der Waals surface area contributed by atoms with Gasteiger partial charge in [-0.15, -0.1) is 0 Å². The molecular weight excluding hydrogens is 316 g/mol. The lowest BCUT2D eigenvalue weighted by Gasteiger charge is -2.04. The first-order valence-corrected chi connectivity index (χ1v) is 7.21. The largest absolute Gasteiger partial charge is 0.497 e. The summed E-state index contributed by atoms with van der Waals surface area (Å²) in [6.07, 6.45) is 0. The number of rotatable bonds is 4. The topological polar surface area (TPSA) is 64.4 Å². The molecule has 1 heterocycles. The first-order valence-electron chi connectivity index (χ1n) is 6.84. The van der Waals surface area contributed by atoms with Gasteiger partial charge in [0.05, 0.1) is 7.11 Å². The van der Waals surface area contributed by atoms with Gasteiger partial charge < -0.3 is 14.6 Å². The van der Waals surface area contributed by atoms with Crippen LogP contribution < -0.4 is 10.1 Å². The third kappa shape index (κ3) is 3.52. The van der Waals surface area contributed by atoms with E-state index in [1.54, 1.807) is 55.6 Å². The summed E-state index contributed by atoms with van der Waals surface area (Å²) < 4.78 is 10.3. The Morgan fingerprint density at radius 2 is 1.96 bits per heavy atom. The first-order chi connectivity index (χ1) is 11.2. The number of ether oxygens (including phenoxy) is 1. The van der Waals surface area contributed by atoms with E-state index in [9.17, 15) is 4.79 Å². The zero-order chi connectivity index (χ0) is 16.2. The van der Waals surface area contributed by atoms with Crippen molar-refractivity contribution in [3.05, 3.63) is 65.3 Å². The zero-order valence-corrected chi connectivity index (χ0v) is 13.0. The molecule has 1 aromatic heterocycles. The van der Waals surface area contributed by atoms with Crippen LogP contribution in [0.5, 0.6) is 5.75 Å². The van der Waals surface area contributed by atoms with Crippen molar-refractivity contribution in [3.63, 3.8) is 0 Å². The number of hydrogen-bond donors (Lipinski definition) is 1. The van der Waals surface area contributed by atoms with Gasteiger partial charge in [0.2, 0.25) is 0 Å². The third-order valence-corrected chi connectivity index (χ3v) is 3.43. The van der Waals surface area contributed by atoms with Crippen LogP contribution in [-0.4, -0.2) is 18.2 Å². The molecule has 23 heavy (non-hydrogen) atoms. The Hall–Kier alpha value is -2.79. The average Bonchev–Trinajstić information content (AvgIpc) is 3.06. The van der Waals surface area contributed by atoms with Crippen LogP contribution in [0.25, 0.3) is 11.3 Å². The van der Waals surface area contributed by atoms with Gasteiger partial charge in [0.1, 0.15) is 5.75 Å². The van der Waals surface area contributed by atoms with Crippen LogP contribution in [0.2, 0.25) is 5.02 Å². The molecule has 0 saturated heterocycles. The van der Waals surface area contributed by atoms with E-state index in [0.29, 0.717) is 22.2 Å². The Kier molecular flexibility index (Phi) is 4.30. The second-order valence-electron chi connectivity index (χ2n) is 4.77. The summed E-state index contributed by atoms with van der Waals surface area (Å²) in [4.78, 5) is 12.2. The van der Waals surface area contributed by atoms with Gasteiger partial charge in [-0.3, -0.25) is 4.79 Å². The van der Waals surface area contributed by atoms with Crippen molar-refractivity contribution in [1.82, 2.24) is 5.16 Å². The van der Waals surface area contributed by atoms with Crippen LogP contribution >= 0.6 is 11.6 Å². The second-order valence-corrected chi connectivity index (χ2v) is 5.21. The van der Waals surface area contributed by atoms with Gasteiger partial charge in [-0.1, -0.05) is 28.9 Å². The van der Waals surface area contributed by atoms with Gasteiger partial charge >= 0.3 is 0 Å². The predicted molar refractivity (Wildman–Crippen MR) is 87.9 cm³/mol. The summed E-state index contributed by atoms with van der Waals surface area (Å²) in [6.45, 7) is 0. The maximum atomic E-state index is 12.2. The van der Waals surface area contributed by atoms with E-state index in [-0.39, 0.29) is 11.6 Å². The van der Waals surface area contributed by atoms with Crippen LogP contribution in [0.1, 0.15) is 10.5 Å². The number of nitrogens with zero attached hydrogens (tertiary/aromatic N) is 1. The van der Waals surface area contributed by atoms with E-state index in [2.05, 4.69) is 10.5 Å². The van der Waals surface area contributed by atoms with Crippen LogP contribution in [0.15, 0.2) is 59.1 Å². The maximum absolute atomic E-state index is 12.2. The van der Waals surface area contributed by atoms with E-state index in [1.807, 2.05) is 6.07 Å². The minimum Gasteiger partial charge on any atom is -0.497 e. The number of benzene rings is 2. The molecule has 0 atom stereocenters. The van der Waals surface area contributed by atoms with E-state index in [0.717, 1.165) is 5.56 Å². The smallest absolute Gasteiger partial charge is 0.277 e. The number of anilines is 1. The standard InChI is InChI=1S/C17H13ClN2O3/c1-22-14-7-5-13(6-8-14)19-17(21)15-10-16(23-20-15)11-3-2-4-12(18)9-11/h2-10H,1H3,(H,19,21). The van der Waals surface area contributed by atoms with Crippen LogP contribution in [0.4, 0.5) is 5.69 Å². The molecule has 6 heteroatoms. The van der Waals surface area contributed by atoms with Crippen molar-refractivity contribution in [3.8, 4) is 17.1 Å². The quantitative estimate of drug-likeness (QED) is 0.777. The fourth-order valence-electron chi connectivity index (χ4n) is 2.03. The highest BCUT2D eigenvalue weighted by atomic mass is 35.5. The van der Waals surface area contributed by atoms with Gasteiger partial charge in [-0.25, -0.2) is 0 Å². The number of hydrogen-bond acceptors (Lipinski definition) is 4. The lowest BCUT2D eigenvalue weighted by atomic mass is 10.1. The Morgan fingerprint density at radius 1 is 1.17 bits per heavy atom. The fraction of sp³-hybridized carbons (Fsp3) is 0.0588. The normalized spacial score (nSPS) is 10.3. The van der Waals surface area contributed by atoms with Gasteiger partial charge in [0.15, 0.2) is 11.5 Å². The highest BCUT2D eigenvalue weighted by Gasteiger charge is 2.14. The number of carbonyl (C=O) groups is 1. The molecular formula is C17H13ClN2O3. The molecule has 5 nitrogen and oxygen atoms in total. The summed E-state index contributed by atoms with van der Waals surface area (Å²) in [7, 11) is 1.58. The molecule has 0 fully saturated rings. The Labute approximate surface area is 137 Å². The zero-order valence-electron chi connectivity index (χ0n) is 12.2. The molecule has 0 unspecified atom stereocenters. The molecule has 0 saturated carbocycles. The molecule has 3 rings (SSSR count). The summed E-state index contributed by atoms with van der Waals surface area (Å²) in [5.74, 6) is 0.840. The van der Waals surface area contributed by atoms with Crippen LogP contribution in [-0.2, 0) is 0 Å². The van der Waals surface area contributed by atoms with Gasteiger partial charge in [0.25, 0.3) is 5.91 Å². The molecule has 1 amide bonds. The van der Waals surface area contributed by atoms with Crippen LogP contribution in [0, 0.1) is 0 Å². The van der Waals surface area contributed by atoms with E-state index < -0.39 is 0 Å². The monoisotopic (exact) mass is 328 g/mol. The van der Waals surface area contributed by atoms with E-state index in [4.69, 9.17) is 20.9 Å². The molecule has 0 aliphatic heterocycles. The van der Waals surface area contributed by atoms with Gasteiger partial charge in [0, 0.05) is 22.3 Å². The molecule has 3 aromatic rings. The van der Waals surface area contributed by atoms with Crippen LogP contribution in [0.3, 0.4) is 0 Å². The summed E-state index contributed by atoms with van der Waals surface area (Å²) in [6, 6.07) is 15.7. The molecule has 0 aliphatic rings. The molecule has 0 aliphatic carbocycles. The fourth-order valence-corrected chi connectivity index (χ4v) is 2.22. The summed E-state index contributed by atoms with van der Waals surface area (Å²) in [5.41, 5.74) is 1.59. The molecule has 2 aromatic carbocycles. The van der Waals surface area contributed by atoms with Crippen molar-refractivity contribution in [1.29, 1.82) is 0 Å². The molecule has 0 spiro atoms. The minimum absolute atomic E-state index is 0.191.